The van der Waals surface area contributed by atoms with Gasteiger partial charge in [0.1, 0.15) is 11.0 Å². The Bertz CT molecular complexity index is 801. The first kappa shape index (κ1) is 17.8. The van der Waals surface area contributed by atoms with Crippen molar-refractivity contribution >= 4 is 44.4 Å². The molecule has 124 valence electrons. The van der Waals surface area contributed by atoms with Gasteiger partial charge in [-0.15, -0.1) is 11.3 Å². The number of thiophene rings is 1. The van der Waals surface area contributed by atoms with Crippen LogP contribution in [0, 0.1) is 0 Å². The number of sulfone groups is 1. The molecular weight excluding hydrogens is 358 g/mol. The van der Waals surface area contributed by atoms with E-state index in [1.165, 1.54) is 25.4 Å². The summed E-state index contributed by atoms with van der Waals surface area (Å²) in [7, 11) is -2.16. The lowest BCUT2D eigenvalue weighted by Gasteiger charge is -2.14. The van der Waals surface area contributed by atoms with Crippen molar-refractivity contribution in [2.75, 3.05) is 12.4 Å². The molecule has 1 amide bonds. The van der Waals surface area contributed by atoms with Gasteiger partial charge in [-0.1, -0.05) is 23.7 Å². The molecule has 1 heterocycles. The maximum atomic E-state index is 12.4. The van der Waals surface area contributed by atoms with Crippen LogP contribution in [0.2, 0.25) is 4.34 Å². The molecule has 0 unspecified atom stereocenters. The Balaban J connectivity index is 2.12. The van der Waals surface area contributed by atoms with Crippen molar-refractivity contribution in [2.45, 2.75) is 17.9 Å². The summed E-state index contributed by atoms with van der Waals surface area (Å²) in [4.78, 5) is 12.9. The molecule has 23 heavy (non-hydrogen) atoms. The van der Waals surface area contributed by atoms with Gasteiger partial charge in [0.15, 0.2) is 9.84 Å². The molecule has 0 aliphatic heterocycles. The average molecular weight is 374 g/mol. The number of carbonyl (C=O) groups excluding carboxylic acids is 1. The monoisotopic (exact) mass is 373 g/mol. The first-order chi connectivity index (χ1) is 10.8. The third kappa shape index (κ3) is 4.46. The highest BCUT2D eigenvalue weighted by atomic mass is 35.5. The van der Waals surface area contributed by atoms with Gasteiger partial charge in [-0.25, -0.2) is 8.42 Å². The number of halogens is 1. The van der Waals surface area contributed by atoms with E-state index in [9.17, 15) is 13.2 Å². The fourth-order valence-electron chi connectivity index (χ4n) is 1.90. The predicted octanol–water partition coefficient (Wildman–Crippen LogP) is 3.35. The standard InChI is InChI=1S/C15H16ClNO4S2/c1-10(23(19,20)9-11-7-8-14(16)22-11)15(18)17-12-5-3-4-6-13(12)21-2/h3-8,10H,9H2,1-2H3,(H,17,18)/t10-/m0/s1. The van der Waals surface area contributed by atoms with Crippen LogP contribution in [0.25, 0.3) is 0 Å². The Morgan fingerprint density at radius 1 is 1.30 bits per heavy atom. The van der Waals surface area contributed by atoms with Gasteiger partial charge in [-0.05, 0) is 31.2 Å². The second kappa shape index (κ2) is 7.33. The van der Waals surface area contributed by atoms with Gasteiger partial charge in [0.25, 0.3) is 0 Å². The second-order valence-corrected chi connectivity index (χ2v) is 8.97. The van der Waals surface area contributed by atoms with Gasteiger partial charge < -0.3 is 10.1 Å². The van der Waals surface area contributed by atoms with E-state index in [1.54, 1.807) is 36.4 Å². The minimum absolute atomic E-state index is 0.217. The SMILES string of the molecule is COc1ccccc1NC(=O)[C@H](C)S(=O)(=O)Cc1ccc(Cl)s1. The molecule has 1 N–H and O–H groups in total. The Hall–Kier alpha value is -1.57. The maximum absolute atomic E-state index is 12.4. The summed E-state index contributed by atoms with van der Waals surface area (Å²) in [6.07, 6.45) is 0. The Morgan fingerprint density at radius 2 is 2.00 bits per heavy atom. The number of anilines is 1. The van der Waals surface area contributed by atoms with E-state index in [2.05, 4.69) is 5.32 Å². The van der Waals surface area contributed by atoms with Gasteiger partial charge in [0.05, 0.1) is 22.9 Å². The molecule has 8 heteroatoms. The summed E-state index contributed by atoms with van der Waals surface area (Å²) < 4.78 is 30.4. The smallest absolute Gasteiger partial charge is 0.242 e. The molecule has 0 aliphatic carbocycles. The highest BCUT2D eigenvalue weighted by molar-refractivity contribution is 7.92. The first-order valence-electron chi connectivity index (χ1n) is 6.73. The van der Waals surface area contributed by atoms with Crippen molar-refractivity contribution in [1.82, 2.24) is 0 Å². The van der Waals surface area contributed by atoms with Crippen LogP contribution >= 0.6 is 22.9 Å². The molecule has 2 rings (SSSR count). The van der Waals surface area contributed by atoms with Crippen LogP contribution in [0.4, 0.5) is 5.69 Å². The summed E-state index contributed by atoms with van der Waals surface area (Å²) in [5.74, 6) is -0.349. The lowest BCUT2D eigenvalue weighted by molar-refractivity contribution is -0.115. The van der Waals surface area contributed by atoms with Gasteiger partial charge in [-0.2, -0.15) is 0 Å². The normalized spacial score (nSPS) is 12.7. The molecule has 0 saturated heterocycles. The highest BCUT2D eigenvalue weighted by Gasteiger charge is 2.29. The van der Waals surface area contributed by atoms with Crippen molar-refractivity contribution in [3.63, 3.8) is 0 Å². The van der Waals surface area contributed by atoms with Crippen molar-refractivity contribution in [1.29, 1.82) is 0 Å². The van der Waals surface area contributed by atoms with Crippen LogP contribution in [0.1, 0.15) is 11.8 Å². The van der Waals surface area contributed by atoms with E-state index >= 15 is 0 Å². The quantitative estimate of drug-likeness (QED) is 0.842. The lowest BCUT2D eigenvalue weighted by atomic mass is 10.3. The van der Waals surface area contributed by atoms with E-state index in [4.69, 9.17) is 16.3 Å². The molecule has 1 aromatic carbocycles. The van der Waals surface area contributed by atoms with Crippen molar-refractivity contribution in [3.05, 3.63) is 45.6 Å². The first-order valence-corrected chi connectivity index (χ1v) is 9.64. The number of methoxy groups -OCH3 is 1. The summed E-state index contributed by atoms with van der Waals surface area (Å²) >= 11 is 6.99. The zero-order valence-corrected chi connectivity index (χ0v) is 15.0. The van der Waals surface area contributed by atoms with Crippen LogP contribution in [-0.2, 0) is 20.4 Å². The zero-order chi connectivity index (χ0) is 17.0. The number of rotatable bonds is 6. The number of hydrogen-bond acceptors (Lipinski definition) is 5. The molecule has 5 nitrogen and oxygen atoms in total. The molecule has 0 bridgehead atoms. The van der Waals surface area contributed by atoms with Crippen LogP contribution in [0.5, 0.6) is 5.75 Å². The number of amides is 1. The summed E-state index contributed by atoms with van der Waals surface area (Å²) in [6.45, 7) is 1.37. The third-order valence-electron chi connectivity index (χ3n) is 3.25. The number of para-hydroxylation sites is 2. The van der Waals surface area contributed by atoms with Crippen LogP contribution in [0.15, 0.2) is 36.4 Å². The largest absolute Gasteiger partial charge is 0.495 e. The predicted molar refractivity (Wildman–Crippen MR) is 93.0 cm³/mol. The minimum Gasteiger partial charge on any atom is -0.495 e. The molecular formula is C15H16ClNO4S2. The van der Waals surface area contributed by atoms with E-state index in [1.807, 2.05) is 0 Å². The maximum Gasteiger partial charge on any atom is 0.242 e. The number of benzene rings is 1. The Labute approximate surface area is 144 Å². The molecule has 0 saturated carbocycles. The van der Waals surface area contributed by atoms with E-state index in [0.29, 0.717) is 20.7 Å². The Kier molecular flexibility index (Phi) is 5.67. The van der Waals surface area contributed by atoms with Gasteiger partial charge in [-0.3, -0.25) is 4.79 Å². The van der Waals surface area contributed by atoms with E-state index < -0.39 is 21.0 Å². The van der Waals surface area contributed by atoms with Crippen molar-refractivity contribution in [3.8, 4) is 5.75 Å². The average Bonchev–Trinajstić information content (AvgIpc) is 2.91. The van der Waals surface area contributed by atoms with Crippen LogP contribution in [-0.4, -0.2) is 26.7 Å². The summed E-state index contributed by atoms with van der Waals surface area (Å²) in [5, 5.41) is 1.41. The molecule has 0 aliphatic rings. The van der Waals surface area contributed by atoms with Gasteiger partial charge in [0, 0.05) is 4.88 Å². The lowest BCUT2D eigenvalue weighted by Crippen LogP contribution is -2.33. The summed E-state index contributed by atoms with van der Waals surface area (Å²) in [6, 6.07) is 10.1. The van der Waals surface area contributed by atoms with E-state index in [-0.39, 0.29) is 5.75 Å². The molecule has 0 fully saturated rings. The van der Waals surface area contributed by atoms with Gasteiger partial charge in [0.2, 0.25) is 5.91 Å². The molecule has 0 radical (unpaired) electrons. The fourth-order valence-corrected chi connectivity index (χ4v) is 4.64. The number of carbonyl (C=O) groups is 1. The third-order valence-corrected chi connectivity index (χ3v) is 6.66. The topological polar surface area (TPSA) is 72.5 Å². The van der Waals surface area contributed by atoms with Crippen LogP contribution < -0.4 is 10.1 Å². The van der Waals surface area contributed by atoms with Crippen molar-refractivity contribution < 1.29 is 17.9 Å². The Morgan fingerprint density at radius 3 is 2.61 bits per heavy atom. The van der Waals surface area contributed by atoms with E-state index in [0.717, 1.165) is 0 Å². The number of hydrogen-bond donors (Lipinski definition) is 1. The minimum atomic E-state index is -3.64. The zero-order valence-electron chi connectivity index (χ0n) is 12.6. The molecule has 0 spiro atoms. The van der Waals surface area contributed by atoms with Crippen LogP contribution in [0.3, 0.4) is 0 Å². The fraction of sp³-hybridized carbons (Fsp3) is 0.267. The summed E-state index contributed by atoms with van der Waals surface area (Å²) in [5.41, 5.74) is 0.432. The number of ether oxygens (including phenoxy) is 1. The van der Waals surface area contributed by atoms with Gasteiger partial charge >= 0.3 is 0 Å². The second-order valence-electron chi connectivity index (χ2n) is 4.84. The highest BCUT2D eigenvalue weighted by Crippen LogP contribution is 2.26. The molecule has 2 aromatic rings. The number of nitrogens with one attached hydrogen (secondary N) is 1. The van der Waals surface area contributed by atoms with Crippen molar-refractivity contribution in [2.24, 2.45) is 0 Å². The molecule has 1 aromatic heterocycles. The molecule has 1 atom stereocenters.